The van der Waals surface area contributed by atoms with E-state index in [2.05, 4.69) is 10.6 Å². The van der Waals surface area contributed by atoms with Gasteiger partial charge < -0.3 is 15.4 Å². The van der Waals surface area contributed by atoms with Crippen molar-refractivity contribution >= 4 is 5.91 Å². The van der Waals surface area contributed by atoms with Crippen LogP contribution in [0.15, 0.2) is 24.3 Å². The number of rotatable bonds is 2. The molecule has 2 unspecified atom stereocenters. The molecule has 1 fully saturated rings. The zero-order chi connectivity index (χ0) is 13.1. The Morgan fingerprint density at radius 1 is 1.26 bits per heavy atom. The summed E-state index contributed by atoms with van der Waals surface area (Å²) in [6, 6.07) is 8.02. The van der Waals surface area contributed by atoms with Gasteiger partial charge in [-0.15, -0.1) is 0 Å². The van der Waals surface area contributed by atoms with E-state index >= 15 is 0 Å². The lowest BCUT2D eigenvalue weighted by atomic mass is 9.99. The Labute approximate surface area is 113 Å². The molecule has 0 saturated carbocycles. The third-order valence-corrected chi connectivity index (χ3v) is 3.90. The highest BCUT2D eigenvalue weighted by Gasteiger charge is 2.26. The number of para-hydroxylation sites is 1. The number of fused-ring (bicyclic) bond motifs is 1. The van der Waals surface area contributed by atoms with E-state index in [1.165, 1.54) is 6.42 Å². The maximum absolute atomic E-state index is 12.3. The molecule has 3 rings (SSSR count). The van der Waals surface area contributed by atoms with Crippen molar-refractivity contribution < 1.29 is 9.53 Å². The Kier molecular flexibility index (Phi) is 3.69. The number of benzene rings is 1. The van der Waals surface area contributed by atoms with Crippen LogP contribution in [0.5, 0.6) is 5.75 Å². The van der Waals surface area contributed by atoms with Crippen molar-refractivity contribution in [1.29, 1.82) is 0 Å². The summed E-state index contributed by atoms with van der Waals surface area (Å²) in [4.78, 5) is 12.3. The van der Waals surface area contributed by atoms with E-state index < -0.39 is 0 Å². The molecule has 0 spiro atoms. The monoisotopic (exact) mass is 260 g/mol. The summed E-state index contributed by atoms with van der Waals surface area (Å²) in [6.07, 6.45) is 4.09. The predicted molar refractivity (Wildman–Crippen MR) is 73.1 cm³/mol. The highest BCUT2D eigenvalue weighted by atomic mass is 16.5. The molecule has 2 N–H and O–H groups in total. The van der Waals surface area contributed by atoms with Crippen LogP contribution >= 0.6 is 0 Å². The lowest BCUT2D eigenvalue weighted by Gasteiger charge is -2.29. The quantitative estimate of drug-likeness (QED) is 0.852. The predicted octanol–water partition coefficient (Wildman–Crippen LogP) is 1.77. The maximum atomic E-state index is 12.3. The number of hydrogen-bond acceptors (Lipinski definition) is 3. The van der Waals surface area contributed by atoms with Gasteiger partial charge in [0.15, 0.2) is 0 Å². The topological polar surface area (TPSA) is 50.4 Å². The van der Waals surface area contributed by atoms with Gasteiger partial charge in [0.2, 0.25) is 5.91 Å². The normalized spacial score (nSPS) is 26.1. The number of piperidine rings is 1. The summed E-state index contributed by atoms with van der Waals surface area (Å²) in [5.74, 6) is 1.03. The number of nitrogens with one attached hydrogen (secondary N) is 2. The molecule has 1 amide bonds. The first kappa shape index (κ1) is 12.5. The summed E-state index contributed by atoms with van der Waals surface area (Å²) in [6.45, 7) is 1.61. The summed E-state index contributed by atoms with van der Waals surface area (Å²) in [7, 11) is 0. The van der Waals surface area contributed by atoms with Crippen molar-refractivity contribution in [2.75, 3.05) is 13.2 Å². The van der Waals surface area contributed by atoms with Crippen LogP contribution in [0.1, 0.15) is 37.3 Å². The van der Waals surface area contributed by atoms with Gasteiger partial charge in [-0.1, -0.05) is 24.6 Å². The fourth-order valence-corrected chi connectivity index (χ4v) is 2.84. The fourth-order valence-electron chi connectivity index (χ4n) is 2.84. The van der Waals surface area contributed by atoms with E-state index in [9.17, 15) is 4.79 Å². The Hall–Kier alpha value is -1.55. The van der Waals surface area contributed by atoms with Crippen molar-refractivity contribution in [3.05, 3.63) is 29.8 Å². The van der Waals surface area contributed by atoms with Crippen LogP contribution in [0, 0.1) is 0 Å². The molecule has 0 radical (unpaired) electrons. The molecule has 2 atom stereocenters. The Morgan fingerprint density at radius 2 is 2.16 bits per heavy atom. The first-order valence-corrected chi connectivity index (χ1v) is 7.10. The molecular formula is C15H20N2O2. The molecule has 0 bridgehead atoms. The Balaban J connectivity index is 1.68. The van der Waals surface area contributed by atoms with Crippen molar-refractivity contribution in [3.8, 4) is 5.75 Å². The van der Waals surface area contributed by atoms with Gasteiger partial charge in [0.05, 0.1) is 18.7 Å². The third-order valence-electron chi connectivity index (χ3n) is 3.90. The van der Waals surface area contributed by atoms with Crippen molar-refractivity contribution in [3.63, 3.8) is 0 Å². The van der Waals surface area contributed by atoms with E-state index in [1.54, 1.807) is 0 Å². The highest BCUT2D eigenvalue weighted by Crippen LogP contribution is 2.31. The lowest BCUT2D eigenvalue weighted by Crippen LogP contribution is -2.48. The second-order valence-corrected chi connectivity index (χ2v) is 5.24. The van der Waals surface area contributed by atoms with Crippen LogP contribution in [0.4, 0.5) is 0 Å². The smallest absolute Gasteiger partial charge is 0.237 e. The highest BCUT2D eigenvalue weighted by molar-refractivity contribution is 5.82. The van der Waals surface area contributed by atoms with E-state index in [-0.39, 0.29) is 18.0 Å². The second-order valence-electron chi connectivity index (χ2n) is 5.24. The number of carbonyl (C=O) groups excluding carboxylic acids is 1. The van der Waals surface area contributed by atoms with E-state index in [0.29, 0.717) is 6.61 Å². The molecule has 2 aliphatic rings. The van der Waals surface area contributed by atoms with Gasteiger partial charge in [-0.25, -0.2) is 0 Å². The van der Waals surface area contributed by atoms with Gasteiger partial charge in [0.1, 0.15) is 5.75 Å². The van der Waals surface area contributed by atoms with Crippen molar-refractivity contribution in [2.24, 2.45) is 0 Å². The molecule has 4 nitrogen and oxygen atoms in total. The third kappa shape index (κ3) is 2.73. The molecule has 0 aliphatic carbocycles. The van der Waals surface area contributed by atoms with E-state index in [4.69, 9.17) is 4.74 Å². The zero-order valence-electron chi connectivity index (χ0n) is 11.0. The molecule has 19 heavy (non-hydrogen) atoms. The minimum atomic E-state index is -0.0243. The molecule has 1 saturated heterocycles. The fraction of sp³-hybridized carbons (Fsp3) is 0.533. The summed E-state index contributed by atoms with van der Waals surface area (Å²) < 4.78 is 5.61. The molecule has 2 aliphatic heterocycles. The van der Waals surface area contributed by atoms with Crippen LogP contribution in [0.3, 0.4) is 0 Å². The number of hydrogen-bond donors (Lipinski definition) is 2. The van der Waals surface area contributed by atoms with Gasteiger partial charge >= 0.3 is 0 Å². The molecule has 4 heteroatoms. The number of carbonyl (C=O) groups is 1. The van der Waals surface area contributed by atoms with Gasteiger partial charge in [0, 0.05) is 12.0 Å². The minimum absolute atomic E-state index is 0.0243. The van der Waals surface area contributed by atoms with Crippen LogP contribution in [0.2, 0.25) is 0 Å². The Bertz CT molecular complexity index is 455. The van der Waals surface area contributed by atoms with Gasteiger partial charge in [-0.05, 0) is 25.5 Å². The average molecular weight is 260 g/mol. The van der Waals surface area contributed by atoms with Gasteiger partial charge in [-0.3, -0.25) is 4.79 Å². The summed E-state index contributed by atoms with van der Waals surface area (Å²) in [5.41, 5.74) is 1.10. The number of amides is 1. The molecule has 1 aromatic rings. The summed E-state index contributed by atoms with van der Waals surface area (Å²) >= 11 is 0. The zero-order valence-corrected chi connectivity index (χ0v) is 11.0. The molecular weight excluding hydrogens is 240 g/mol. The SMILES string of the molecule is O=C(NC1CCOc2ccccc21)C1CCCCN1. The minimum Gasteiger partial charge on any atom is -0.493 e. The van der Waals surface area contributed by atoms with Gasteiger partial charge in [0.25, 0.3) is 0 Å². The van der Waals surface area contributed by atoms with E-state index in [0.717, 1.165) is 37.1 Å². The molecule has 1 aromatic carbocycles. The number of ether oxygens (including phenoxy) is 1. The maximum Gasteiger partial charge on any atom is 0.237 e. The van der Waals surface area contributed by atoms with Crippen molar-refractivity contribution in [2.45, 2.75) is 37.8 Å². The van der Waals surface area contributed by atoms with E-state index in [1.807, 2.05) is 24.3 Å². The standard InChI is InChI=1S/C15H20N2O2/c18-15(13-6-3-4-9-16-13)17-12-8-10-19-14-7-2-1-5-11(12)14/h1-2,5,7,12-13,16H,3-4,6,8-10H2,(H,17,18). The van der Waals surface area contributed by atoms with Crippen LogP contribution in [-0.4, -0.2) is 25.1 Å². The van der Waals surface area contributed by atoms with Crippen LogP contribution in [-0.2, 0) is 4.79 Å². The first-order valence-electron chi connectivity index (χ1n) is 7.10. The average Bonchev–Trinajstić information content (AvgIpc) is 2.48. The summed E-state index contributed by atoms with van der Waals surface area (Å²) in [5, 5.41) is 6.45. The first-order chi connectivity index (χ1) is 9.34. The van der Waals surface area contributed by atoms with Crippen LogP contribution in [0.25, 0.3) is 0 Å². The van der Waals surface area contributed by atoms with Crippen molar-refractivity contribution in [1.82, 2.24) is 10.6 Å². The largest absolute Gasteiger partial charge is 0.493 e. The molecule has 102 valence electrons. The Morgan fingerprint density at radius 3 is 3.00 bits per heavy atom. The van der Waals surface area contributed by atoms with Gasteiger partial charge in [-0.2, -0.15) is 0 Å². The molecule has 0 aromatic heterocycles. The molecule has 2 heterocycles. The second kappa shape index (κ2) is 5.61. The van der Waals surface area contributed by atoms with Crippen LogP contribution < -0.4 is 15.4 Å². The lowest BCUT2D eigenvalue weighted by molar-refractivity contribution is -0.124.